The molecular weight excluding hydrogens is 215 g/mol. The van der Waals surface area contributed by atoms with Gasteiger partial charge in [-0.25, -0.2) is 0 Å². The molecule has 1 nitrogen and oxygen atoms in total. The first kappa shape index (κ1) is 12.9. The average molecular weight is 231 g/mol. The van der Waals surface area contributed by atoms with E-state index in [9.17, 15) is 4.55 Å². The molecule has 0 saturated carbocycles. The van der Waals surface area contributed by atoms with Crippen LogP contribution in [0.4, 0.5) is 0 Å². The lowest BCUT2D eigenvalue weighted by Gasteiger charge is -2.09. The van der Waals surface area contributed by atoms with E-state index in [-0.39, 0.29) is 0 Å². The fourth-order valence-electron chi connectivity index (χ4n) is 0.817. The van der Waals surface area contributed by atoms with Crippen LogP contribution < -0.4 is 0 Å². The number of hydrogen-bond acceptors (Lipinski definition) is 1. The Morgan fingerprint density at radius 2 is 1.25 bits per heavy atom. The van der Waals surface area contributed by atoms with Gasteiger partial charge in [0.1, 0.15) is 11.5 Å². The summed E-state index contributed by atoms with van der Waals surface area (Å²) < 4.78 is 11.2. The summed E-state index contributed by atoms with van der Waals surface area (Å²) in [5.74, 6) is 2.96. The van der Waals surface area contributed by atoms with Crippen LogP contribution in [0.25, 0.3) is 0 Å². The summed E-state index contributed by atoms with van der Waals surface area (Å²) in [5.41, 5.74) is 0. The molecule has 0 aliphatic heterocycles. The lowest BCUT2D eigenvalue weighted by Crippen LogP contribution is -2.11. The second kappa shape index (κ2) is 9.97. The van der Waals surface area contributed by atoms with E-state index >= 15 is 0 Å². The van der Waals surface area contributed by atoms with Gasteiger partial charge in [0.2, 0.25) is 0 Å². The monoisotopic (exact) mass is 230 g/mol. The largest absolute Gasteiger partial charge is 0.616 e. The molecule has 0 heterocycles. The van der Waals surface area contributed by atoms with Crippen LogP contribution in [0.5, 0.6) is 0 Å². The van der Waals surface area contributed by atoms with Crippen LogP contribution in [0.3, 0.4) is 0 Å². The number of alkyl halides is 2. The maximum Gasteiger partial charge on any atom is 0.105 e. The van der Waals surface area contributed by atoms with Gasteiger partial charge in [-0.15, -0.1) is 23.2 Å². The van der Waals surface area contributed by atoms with E-state index in [1.807, 2.05) is 0 Å². The summed E-state index contributed by atoms with van der Waals surface area (Å²) in [6, 6.07) is 0. The van der Waals surface area contributed by atoms with Gasteiger partial charge in [-0.05, 0) is 25.7 Å². The Labute approximate surface area is 88.0 Å². The molecule has 0 aromatic carbocycles. The van der Waals surface area contributed by atoms with E-state index in [0.717, 1.165) is 37.2 Å². The molecule has 74 valence electrons. The van der Waals surface area contributed by atoms with E-state index in [1.54, 1.807) is 0 Å². The van der Waals surface area contributed by atoms with Gasteiger partial charge >= 0.3 is 0 Å². The fourth-order valence-corrected chi connectivity index (χ4v) is 2.45. The number of rotatable bonds is 8. The summed E-state index contributed by atoms with van der Waals surface area (Å²) in [6.45, 7) is 0. The van der Waals surface area contributed by atoms with E-state index < -0.39 is 11.2 Å². The highest BCUT2D eigenvalue weighted by Crippen LogP contribution is 2.03. The van der Waals surface area contributed by atoms with Crippen molar-refractivity contribution in [1.29, 1.82) is 0 Å². The Morgan fingerprint density at radius 3 is 1.58 bits per heavy atom. The van der Waals surface area contributed by atoms with Gasteiger partial charge in [0.25, 0.3) is 0 Å². The molecule has 0 amide bonds. The van der Waals surface area contributed by atoms with Crippen LogP contribution in [-0.4, -0.2) is 27.8 Å². The van der Waals surface area contributed by atoms with Gasteiger partial charge in [-0.3, -0.25) is 0 Å². The van der Waals surface area contributed by atoms with Crippen molar-refractivity contribution in [3.63, 3.8) is 0 Å². The molecular formula is C8H16Cl2OS. The number of unbranched alkanes of at least 4 members (excludes halogenated alkanes) is 2. The molecule has 0 rings (SSSR count). The summed E-state index contributed by atoms with van der Waals surface area (Å²) >= 11 is 10.4. The first-order valence-corrected chi connectivity index (χ1v) is 6.84. The standard InChI is InChI=1S/C8H16Cl2OS/c9-5-1-3-7-12(11)8-4-2-6-10/h1-8H2. The van der Waals surface area contributed by atoms with Gasteiger partial charge in [-0.2, -0.15) is 0 Å². The zero-order chi connectivity index (χ0) is 9.23. The highest BCUT2D eigenvalue weighted by Gasteiger charge is 2.04. The molecule has 0 aliphatic rings. The zero-order valence-corrected chi connectivity index (χ0v) is 9.56. The van der Waals surface area contributed by atoms with E-state index in [1.165, 1.54) is 0 Å². The lowest BCUT2D eigenvalue weighted by molar-refractivity contribution is 0.588. The highest BCUT2D eigenvalue weighted by atomic mass is 35.5. The third kappa shape index (κ3) is 8.98. The van der Waals surface area contributed by atoms with Crippen molar-refractivity contribution in [3.8, 4) is 0 Å². The predicted molar refractivity (Wildman–Crippen MR) is 57.8 cm³/mol. The molecule has 0 bridgehead atoms. The van der Waals surface area contributed by atoms with Crippen LogP contribution in [0, 0.1) is 0 Å². The first-order chi connectivity index (χ1) is 5.81. The normalized spacial score (nSPS) is 11.0. The van der Waals surface area contributed by atoms with E-state index in [2.05, 4.69) is 0 Å². The molecule has 0 fully saturated rings. The Balaban J connectivity index is 3.04. The maximum atomic E-state index is 11.2. The van der Waals surface area contributed by atoms with Gasteiger partial charge in [0, 0.05) is 11.8 Å². The predicted octanol–water partition coefficient (Wildman–Crippen LogP) is 2.77. The SMILES string of the molecule is [O-][S+](CCCCCl)CCCCCl. The van der Waals surface area contributed by atoms with Crippen molar-refractivity contribution in [3.05, 3.63) is 0 Å². The highest BCUT2D eigenvalue weighted by molar-refractivity contribution is 7.91. The Morgan fingerprint density at radius 1 is 0.833 bits per heavy atom. The van der Waals surface area contributed by atoms with Crippen LogP contribution in [0.2, 0.25) is 0 Å². The average Bonchev–Trinajstić information content (AvgIpc) is 2.06. The van der Waals surface area contributed by atoms with Crippen LogP contribution in [0.15, 0.2) is 0 Å². The van der Waals surface area contributed by atoms with Gasteiger partial charge in [0.15, 0.2) is 0 Å². The molecule has 0 aliphatic carbocycles. The molecule has 0 saturated heterocycles. The van der Waals surface area contributed by atoms with Crippen molar-refractivity contribution in [2.75, 3.05) is 23.3 Å². The molecule has 0 spiro atoms. The number of halogens is 2. The molecule has 0 N–H and O–H groups in total. The summed E-state index contributed by atoms with van der Waals surface area (Å²) in [4.78, 5) is 0. The summed E-state index contributed by atoms with van der Waals surface area (Å²) in [6.07, 6.45) is 3.92. The second-order valence-electron chi connectivity index (χ2n) is 2.64. The van der Waals surface area contributed by atoms with Crippen molar-refractivity contribution < 1.29 is 4.55 Å². The Hall–Kier alpha value is 0.890. The topological polar surface area (TPSA) is 23.1 Å². The molecule has 12 heavy (non-hydrogen) atoms. The van der Waals surface area contributed by atoms with Crippen molar-refractivity contribution in [2.24, 2.45) is 0 Å². The van der Waals surface area contributed by atoms with E-state index in [0.29, 0.717) is 11.8 Å². The Kier molecular flexibility index (Phi) is 10.7. The van der Waals surface area contributed by atoms with Crippen molar-refractivity contribution in [1.82, 2.24) is 0 Å². The van der Waals surface area contributed by atoms with E-state index in [4.69, 9.17) is 23.2 Å². The minimum absolute atomic E-state index is 0.640. The lowest BCUT2D eigenvalue weighted by atomic mass is 10.4. The van der Waals surface area contributed by atoms with Crippen molar-refractivity contribution >= 4 is 34.4 Å². The van der Waals surface area contributed by atoms with Crippen LogP contribution in [0.1, 0.15) is 25.7 Å². The molecule has 0 unspecified atom stereocenters. The molecule has 0 radical (unpaired) electrons. The van der Waals surface area contributed by atoms with Gasteiger partial charge in [0.05, 0.1) is 0 Å². The second-order valence-corrected chi connectivity index (χ2v) is 5.09. The van der Waals surface area contributed by atoms with Crippen LogP contribution in [-0.2, 0) is 11.2 Å². The minimum Gasteiger partial charge on any atom is -0.616 e. The first-order valence-electron chi connectivity index (χ1n) is 4.28. The number of hydrogen-bond donors (Lipinski definition) is 0. The molecule has 0 aromatic heterocycles. The minimum atomic E-state index is -0.640. The smallest absolute Gasteiger partial charge is 0.105 e. The Bertz CT molecular complexity index is 83.1. The quantitative estimate of drug-likeness (QED) is 0.358. The third-order valence-electron chi connectivity index (χ3n) is 1.51. The molecule has 4 heteroatoms. The summed E-state index contributed by atoms with van der Waals surface area (Å²) in [7, 11) is 0. The molecule has 0 atom stereocenters. The van der Waals surface area contributed by atoms with Crippen molar-refractivity contribution in [2.45, 2.75) is 25.7 Å². The molecule has 0 aromatic rings. The zero-order valence-electron chi connectivity index (χ0n) is 7.23. The maximum absolute atomic E-state index is 11.2. The van der Waals surface area contributed by atoms with Crippen LogP contribution >= 0.6 is 23.2 Å². The van der Waals surface area contributed by atoms with Gasteiger partial charge < -0.3 is 4.55 Å². The third-order valence-corrected chi connectivity index (χ3v) is 3.53. The fraction of sp³-hybridized carbons (Fsp3) is 1.00. The summed E-state index contributed by atoms with van der Waals surface area (Å²) in [5, 5.41) is 0. The van der Waals surface area contributed by atoms with Gasteiger partial charge in [-0.1, -0.05) is 11.2 Å².